The molecule has 552 valence electrons. The molecule has 0 rings (SSSR count). The third-order valence-corrected chi connectivity index (χ3v) is 19.0. The van der Waals surface area contributed by atoms with Crippen LogP contribution in [0.4, 0.5) is 0 Å². The number of rotatable bonds is 71. The molecule has 0 aliphatic rings. The summed E-state index contributed by atoms with van der Waals surface area (Å²) in [6, 6.07) is 0. The molecule has 0 amide bonds. The van der Waals surface area contributed by atoms with Crippen LogP contribution in [0.5, 0.6) is 0 Å². The van der Waals surface area contributed by atoms with Gasteiger partial charge in [-0.2, -0.15) is 0 Å². The Labute approximate surface area is 568 Å². The molecule has 0 aromatic rings. The molecule has 3 N–H and O–H groups in total. The van der Waals surface area contributed by atoms with Crippen LogP contribution in [-0.4, -0.2) is 96.7 Å². The van der Waals surface area contributed by atoms with Crippen molar-refractivity contribution in [1.82, 2.24) is 0 Å². The highest BCUT2D eigenvalue weighted by atomic mass is 31.2. The Morgan fingerprint density at radius 1 is 0.269 bits per heavy atom. The van der Waals surface area contributed by atoms with Gasteiger partial charge in [0.25, 0.3) is 0 Å². The van der Waals surface area contributed by atoms with Crippen molar-refractivity contribution in [3.8, 4) is 0 Å². The quantitative estimate of drug-likeness (QED) is 0.0222. The van der Waals surface area contributed by atoms with Crippen molar-refractivity contribution in [2.24, 2.45) is 23.7 Å². The van der Waals surface area contributed by atoms with Crippen LogP contribution < -0.4 is 0 Å². The van der Waals surface area contributed by atoms with Gasteiger partial charge in [0, 0.05) is 25.7 Å². The van der Waals surface area contributed by atoms with Crippen molar-refractivity contribution in [3.63, 3.8) is 0 Å². The fraction of sp³-hybridized carbons (Fsp3) is 0.946. The maximum Gasteiger partial charge on any atom is 0.472 e. The van der Waals surface area contributed by atoms with Crippen molar-refractivity contribution in [1.29, 1.82) is 0 Å². The fourth-order valence-electron chi connectivity index (χ4n) is 11.2. The number of phosphoric ester groups is 2. The zero-order chi connectivity index (χ0) is 68.9. The van der Waals surface area contributed by atoms with Gasteiger partial charge >= 0.3 is 39.5 Å². The molecule has 0 aromatic carbocycles. The predicted molar refractivity (Wildman–Crippen MR) is 377 cm³/mol. The number of carbonyl (C=O) groups is 4. The molecular formula is C74H144O17P2. The van der Waals surface area contributed by atoms with Gasteiger partial charge in [0.1, 0.15) is 19.3 Å². The Morgan fingerprint density at radius 3 is 0.667 bits per heavy atom. The van der Waals surface area contributed by atoms with Gasteiger partial charge in [-0.1, -0.05) is 319 Å². The van der Waals surface area contributed by atoms with E-state index in [9.17, 15) is 43.2 Å². The first kappa shape index (κ1) is 91.1. The van der Waals surface area contributed by atoms with Crippen molar-refractivity contribution < 1.29 is 80.2 Å². The Kier molecular flexibility index (Phi) is 62.2. The third-order valence-electron chi connectivity index (χ3n) is 17.1. The molecule has 19 heteroatoms. The van der Waals surface area contributed by atoms with Crippen LogP contribution in [0.25, 0.3) is 0 Å². The van der Waals surface area contributed by atoms with Gasteiger partial charge in [-0.25, -0.2) is 9.13 Å². The van der Waals surface area contributed by atoms with Crippen LogP contribution in [-0.2, 0) is 65.4 Å². The van der Waals surface area contributed by atoms with Gasteiger partial charge in [0.15, 0.2) is 12.2 Å². The summed E-state index contributed by atoms with van der Waals surface area (Å²) in [6.07, 6.45) is 47.2. The van der Waals surface area contributed by atoms with Crippen LogP contribution in [0.15, 0.2) is 0 Å². The summed E-state index contributed by atoms with van der Waals surface area (Å²) in [4.78, 5) is 72.7. The second kappa shape index (κ2) is 63.5. The normalized spacial score (nSPS) is 14.2. The molecule has 0 saturated heterocycles. The molecule has 0 heterocycles. The van der Waals surface area contributed by atoms with Gasteiger partial charge in [0.2, 0.25) is 0 Å². The maximum absolute atomic E-state index is 13.1. The van der Waals surface area contributed by atoms with Crippen LogP contribution in [0.3, 0.4) is 0 Å². The smallest absolute Gasteiger partial charge is 0.462 e. The molecule has 3 unspecified atom stereocenters. The lowest BCUT2D eigenvalue weighted by Gasteiger charge is -2.21. The summed E-state index contributed by atoms with van der Waals surface area (Å²) in [5.74, 6) is 0.892. The van der Waals surface area contributed by atoms with E-state index in [1.165, 1.54) is 173 Å². The number of carbonyl (C=O) groups excluding carboxylic acids is 4. The van der Waals surface area contributed by atoms with Crippen LogP contribution in [0, 0.1) is 23.7 Å². The third kappa shape index (κ3) is 68.4. The SMILES string of the molecule is CC(C)CCCCCCCCCCCCCCCCC(=O)O[C@H](COC(=O)CCCCCCCCCCCCC(C)C)COP(=O)(O)OCC(O)COP(=O)(O)OC[C@@H](COC(=O)CCCCCCCCCCC(C)C)OC(=O)CCCCCCCCCCCC(C)C. The van der Waals surface area contributed by atoms with Gasteiger partial charge in [-0.3, -0.25) is 37.3 Å². The lowest BCUT2D eigenvalue weighted by molar-refractivity contribution is -0.161. The minimum Gasteiger partial charge on any atom is -0.462 e. The molecule has 93 heavy (non-hydrogen) atoms. The molecule has 0 aromatic heterocycles. The number of aliphatic hydroxyl groups excluding tert-OH is 1. The standard InChI is InChI=1S/C74H144O17P2/c1-64(2)50-42-34-26-18-13-11-9-10-12-14-22-32-40-48-56-73(78)90-69(60-84-71(76)54-46-38-30-21-16-15-19-27-35-43-51-65(3)4)62-88-92(80,81)86-58-68(75)59-87-93(82,83)89-63-70(61-85-72(77)55-47-39-31-25-24-29-37-45-53-67(7)8)91-74(79)57-49-41-33-23-17-20-28-36-44-52-66(5)6/h64-70,75H,9-63H2,1-8H3,(H,80,81)(H,82,83)/t68?,69-,70-/m1/s1. The average molecular weight is 1370 g/mol. The first-order valence-corrected chi connectivity index (χ1v) is 41.2. The lowest BCUT2D eigenvalue weighted by atomic mass is 10.0. The zero-order valence-corrected chi connectivity index (χ0v) is 62.7. The number of hydrogen-bond acceptors (Lipinski definition) is 15. The summed E-state index contributed by atoms with van der Waals surface area (Å²) in [6.45, 7) is 14.1. The van der Waals surface area contributed by atoms with Gasteiger partial charge in [0.05, 0.1) is 26.4 Å². The molecule has 0 saturated carbocycles. The highest BCUT2D eigenvalue weighted by Crippen LogP contribution is 2.45. The van der Waals surface area contributed by atoms with Crippen LogP contribution in [0.2, 0.25) is 0 Å². The van der Waals surface area contributed by atoms with E-state index in [0.29, 0.717) is 25.7 Å². The highest BCUT2D eigenvalue weighted by Gasteiger charge is 2.30. The maximum atomic E-state index is 13.1. The molecule has 0 aliphatic heterocycles. The van der Waals surface area contributed by atoms with Gasteiger partial charge in [-0.15, -0.1) is 0 Å². The van der Waals surface area contributed by atoms with E-state index in [1.807, 2.05) is 0 Å². The molecule has 0 aliphatic carbocycles. The van der Waals surface area contributed by atoms with E-state index < -0.39 is 97.5 Å². The lowest BCUT2D eigenvalue weighted by Crippen LogP contribution is -2.30. The molecule has 0 radical (unpaired) electrons. The molecule has 0 spiro atoms. The molecule has 5 atom stereocenters. The highest BCUT2D eigenvalue weighted by molar-refractivity contribution is 7.47. The fourth-order valence-corrected chi connectivity index (χ4v) is 12.8. The van der Waals surface area contributed by atoms with E-state index in [2.05, 4.69) is 55.4 Å². The largest absolute Gasteiger partial charge is 0.472 e. The van der Waals surface area contributed by atoms with Gasteiger partial charge < -0.3 is 33.8 Å². The van der Waals surface area contributed by atoms with Gasteiger partial charge in [-0.05, 0) is 49.4 Å². The monoisotopic (exact) mass is 1370 g/mol. The minimum absolute atomic E-state index is 0.104. The summed E-state index contributed by atoms with van der Waals surface area (Å²) in [5, 5.41) is 10.6. The van der Waals surface area contributed by atoms with Crippen molar-refractivity contribution in [2.75, 3.05) is 39.6 Å². The number of aliphatic hydroxyl groups is 1. The molecular weight excluding hydrogens is 1220 g/mol. The number of esters is 4. The topological polar surface area (TPSA) is 237 Å². The first-order valence-electron chi connectivity index (χ1n) is 38.2. The van der Waals surface area contributed by atoms with E-state index >= 15 is 0 Å². The van der Waals surface area contributed by atoms with E-state index in [4.69, 9.17) is 37.0 Å². The van der Waals surface area contributed by atoms with Crippen molar-refractivity contribution >= 4 is 39.5 Å². The summed E-state index contributed by atoms with van der Waals surface area (Å²) in [7, 11) is -9.91. The second-order valence-corrected chi connectivity index (χ2v) is 31.5. The van der Waals surface area contributed by atoms with E-state index in [1.54, 1.807) is 0 Å². The minimum atomic E-state index is -4.96. The summed E-state index contributed by atoms with van der Waals surface area (Å²) in [5.41, 5.74) is 0. The Morgan fingerprint density at radius 2 is 0.452 bits per heavy atom. The molecule has 0 fully saturated rings. The average Bonchev–Trinajstić information content (AvgIpc) is 2.04. The van der Waals surface area contributed by atoms with Crippen molar-refractivity contribution in [2.45, 2.75) is 388 Å². The van der Waals surface area contributed by atoms with Crippen molar-refractivity contribution in [3.05, 3.63) is 0 Å². The second-order valence-electron chi connectivity index (χ2n) is 28.6. The number of phosphoric acid groups is 2. The van der Waals surface area contributed by atoms with Crippen LogP contribution >= 0.6 is 15.6 Å². The molecule has 17 nitrogen and oxygen atoms in total. The van der Waals surface area contributed by atoms with Crippen LogP contribution in [0.1, 0.15) is 370 Å². The van der Waals surface area contributed by atoms with E-state index in [0.717, 1.165) is 114 Å². The summed E-state index contributed by atoms with van der Waals surface area (Å²) >= 11 is 0. The number of unbranched alkanes of at least 4 members (excludes halogenated alkanes) is 37. The Bertz CT molecular complexity index is 1830. The predicted octanol–water partition coefficient (Wildman–Crippen LogP) is 21.3. The number of ether oxygens (including phenoxy) is 4. The summed E-state index contributed by atoms with van der Waals surface area (Å²) < 4.78 is 68.4. The Balaban J connectivity index is 5.26. The number of hydrogen-bond donors (Lipinski definition) is 3. The Hall–Kier alpha value is -1.94. The van der Waals surface area contributed by atoms with E-state index in [-0.39, 0.29) is 25.7 Å². The molecule has 0 bridgehead atoms. The first-order chi connectivity index (χ1) is 44.6. The zero-order valence-electron chi connectivity index (χ0n) is 60.9.